The van der Waals surface area contributed by atoms with E-state index >= 15 is 0 Å². The van der Waals surface area contributed by atoms with Crippen LogP contribution < -0.4 is 26.3 Å². The van der Waals surface area contributed by atoms with Crippen molar-refractivity contribution in [2.45, 2.75) is 37.9 Å². The molecule has 2 unspecified atom stereocenters. The zero-order valence-electron chi connectivity index (χ0n) is 22.6. The second kappa shape index (κ2) is 10.8. The molecule has 5 N–H and O–H groups in total. The van der Waals surface area contributed by atoms with Crippen molar-refractivity contribution in [2.75, 3.05) is 23.3 Å². The van der Waals surface area contributed by atoms with E-state index in [0.29, 0.717) is 30.8 Å². The maximum Gasteiger partial charge on any atom is 0.142 e. The van der Waals surface area contributed by atoms with Crippen molar-refractivity contribution in [3.63, 3.8) is 0 Å². The van der Waals surface area contributed by atoms with Gasteiger partial charge in [-0.05, 0) is 86.2 Å². The van der Waals surface area contributed by atoms with Crippen molar-refractivity contribution >= 4 is 17.1 Å². The van der Waals surface area contributed by atoms with Crippen LogP contribution in [-0.4, -0.2) is 17.7 Å². The summed E-state index contributed by atoms with van der Waals surface area (Å²) in [6.07, 6.45) is 18.3. The quantitative estimate of drug-likeness (QED) is 0.260. The highest BCUT2D eigenvalue weighted by Gasteiger charge is 2.61. The van der Waals surface area contributed by atoms with Gasteiger partial charge in [0.1, 0.15) is 22.7 Å². The van der Waals surface area contributed by atoms with E-state index in [4.69, 9.17) is 20.9 Å². The fraction of sp³-hybridized carbons (Fsp3) is 0.235. The van der Waals surface area contributed by atoms with Gasteiger partial charge >= 0.3 is 0 Å². The molecule has 0 bridgehead atoms. The summed E-state index contributed by atoms with van der Waals surface area (Å²) in [5.74, 6) is 1.51. The minimum Gasteiger partial charge on any atom is -0.482 e. The molecule has 0 spiro atoms. The van der Waals surface area contributed by atoms with E-state index in [1.54, 1.807) is 0 Å². The zero-order valence-corrected chi connectivity index (χ0v) is 22.6. The SMILES string of the molecule is Cc1ccccc1NCC(C)(C1(Oc2ccc(N)cc2)C=CC=CC1)C1(Oc2ccc(N)cc2)C=CC=CC1. The van der Waals surface area contributed by atoms with Crippen LogP contribution in [0.2, 0.25) is 0 Å². The Kier molecular flexibility index (Phi) is 7.25. The van der Waals surface area contributed by atoms with Crippen LogP contribution in [0, 0.1) is 12.3 Å². The number of rotatable bonds is 9. The Bertz CT molecular complexity index is 1320. The topological polar surface area (TPSA) is 82.5 Å². The van der Waals surface area contributed by atoms with E-state index in [2.05, 4.69) is 92.0 Å². The molecule has 0 aromatic heterocycles. The molecule has 2 aliphatic carbocycles. The molecular formula is C34H37N3O2. The van der Waals surface area contributed by atoms with Gasteiger partial charge in [-0.1, -0.05) is 54.7 Å². The van der Waals surface area contributed by atoms with Crippen LogP contribution in [0.15, 0.2) is 121 Å². The number of anilines is 3. The molecule has 3 aromatic rings. The van der Waals surface area contributed by atoms with Crippen molar-refractivity contribution in [3.8, 4) is 11.5 Å². The maximum absolute atomic E-state index is 7.03. The molecule has 0 saturated heterocycles. The van der Waals surface area contributed by atoms with Crippen molar-refractivity contribution in [1.29, 1.82) is 0 Å². The van der Waals surface area contributed by atoms with E-state index in [-0.39, 0.29) is 0 Å². The molecule has 0 aliphatic heterocycles. The summed E-state index contributed by atoms with van der Waals surface area (Å²) < 4.78 is 14.1. The van der Waals surface area contributed by atoms with Gasteiger partial charge in [-0.2, -0.15) is 0 Å². The first kappa shape index (κ1) is 26.2. The summed E-state index contributed by atoms with van der Waals surface area (Å²) in [6.45, 7) is 4.96. The Morgan fingerprint density at radius 2 is 1.21 bits per heavy atom. The Balaban J connectivity index is 1.65. The Labute approximate surface area is 231 Å². The molecule has 3 aromatic carbocycles. The van der Waals surface area contributed by atoms with E-state index in [1.807, 2.05) is 48.5 Å². The van der Waals surface area contributed by atoms with Crippen LogP contribution in [0.1, 0.15) is 25.3 Å². The Hall–Kier alpha value is -4.38. The standard InChI is InChI=1S/C34H37N3O2/c1-26-11-5-6-12-31(26)37-25-32(2,33(21-7-3-8-22-33)38-29-17-13-27(35)14-18-29)34(23-9-4-10-24-34)39-30-19-15-28(36)16-20-30/h3-21,23,37H,22,24-25,35-36H2,1-2H3. The summed E-state index contributed by atoms with van der Waals surface area (Å²) in [5.41, 5.74) is 13.5. The number of benzene rings is 3. The summed E-state index contributed by atoms with van der Waals surface area (Å²) in [7, 11) is 0. The van der Waals surface area contributed by atoms with E-state index in [1.165, 1.54) is 5.56 Å². The first-order valence-corrected chi connectivity index (χ1v) is 13.4. The maximum atomic E-state index is 7.03. The molecule has 0 saturated carbocycles. The third-order valence-corrected chi connectivity index (χ3v) is 8.07. The highest BCUT2D eigenvalue weighted by molar-refractivity contribution is 5.52. The normalized spacial score (nSPS) is 23.2. The zero-order chi connectivity index (χ0) is 27.3. The number of para-hydroxylation sites is 1. The van der Waals surface area contributed by atoms with Crippen molar-refractivity contribution in [3.05, 3.63) is 127 Å². The lowest BCUT2D eigenvalue weighted by Crippen LogP contribution is -2.66. The fourth-order valence-electron chi connectivity index (χ4n) is 5.59. The average Bonchev–Trinajstić information content (AvgIpc) is 2.96. The lowest BCUT2D eigenvalue weighted by molar-refractivity contribution is -0.110. The van der Waals surface area contributed by atoms with Gasteiger partial charge in [0, 0.05) is 36.4 Å². The first-order chi connectivity index (χ1) is 18.8. The van der Waals surface area contributed by atoms with Gasteiger partial charge in [0.15, 0.2) is 0 Å². The molecule has 200 valence electrons. The molecule has 5 rings (SSSR count). The number of hydrogen-bond acceptors (Lipinski definition) is 5. The number of aryl methyl sites for hydroxylation is 1. The lowest BCUT2D eigenvalue weighted by atomic mass is 9.58. The number of nitrogen functional groups attached to an aromatic ring is 2. The van der Waals surface area contributed by atoms with Crippen LogP contribution in [0.25, 0.3) is 0 Å². The molecule has 2 aliphatic rings. The third-order valence-electron chi connectivity index (χ3n) is 8.07. The lowest BCUT2D eigenvalue weighted by Gasteiger charge is -2.56. The number of hydrogen-bond donors (Lipinski definition) is 3. The molecule has 0 amide bonds. The van der Waals surface area contributed by atoms with Gasteiger partial charge in [0.05, 0.1) is 5.41 Å². The summed E-state index contributed by atoms with van der Waals surface area (Å²) in [4.78, 5) is 0. The Morgan fingerprint density at radius 1 is 0.718 bits per heavy atom. The van der Waals surface area contributed by atoms with Gasteiger partial charge in [0.2, 0.25) is 0 Å². The summed E-state index contributed by atoms with van der Waals surface area (Å²) in [5, 5.41) is 3.77. The average molecular weight is 520 g/mol. The van der Waals surface area contributed by atoms with Gasteiger partial charge in [-0.25, -0.2) is 0 Å². The van der Waals surface area contributed by atoms with Crippen molar-refractivity contribution in [2.24, 2.45) is 5.41 Å². The molecule has 0 heterocycles. The van der Waals surface area contributed by atoms with Crippen LogP contribution in [0.3, 0.4) is 0 Å². The number of allylic oxidation sites excluding steroid dienone is 4. The van der Waals surface area contributed by atoms with Crippen LogP contribution in [0.4, 0.5) is 17.1 Å². The number of nitrogens with one attached hydrogen (secondary N) is 1. The van der Waals surface area contributed by atoms with E-state index in [9.17, 15) is 0 Å². The van der Waals surface area contributed by atoms with Gasteiger partial charge in [-0.15, -0.1) is 0 Å². The first-order valence-electron chi connectivity index (χ1n) is 13.4. The van der Waals surface area contributed by atoms with E-state index < -0.39 is 16.6 Å². The van der Waals surface area contributed by atoms with E-state index in [0.717, 1.165) is 17.2 Å². The fourth-order valence-corrected chi connectivity index (χ4v) is 5.59. The molecule has 0 fully saturated rings. The Morgan fingerprint density at radius 3 is 1.64 bits per heavy atom. The molecule has 2 atom stereocenters. The second-order valence-electron chi connectivity index (χ2n) is 10.6. The molecule has 0 radical (unpaired) electrons. The molecular weight excluding hydrogens is 482 g/mol. The van der Waals surface area contributed by atoms with Crippen molar-refractivity contribution < 1.29 is 9.47 Å². The second-order valence-corrected chi connectivity index (χ2v) is 10.6. The monoisotopic (exact) mass is 519 g/mol. The minimum atomic E-state index is -0.753. The van der Waals surface area contributed by atoms with Gasteiger partial charge in [-0.3, -0.25) is 0 Å². The van der Waals surface area contributed by atoms with Crippen LogP contribution in [-0.2, 0) is 0 Å². The largest absolute Gasteiger partial charge is 0.482 e. The summed E-state index contributed by atoms with van der Waals surface area (Å²) >= 11 is 0. The van der Waals surface area contributed by atoms with Crippen LogP contribution in [0.5, 0.6) is 11.5 Å². The third kappa shape index (κ3) is 5.17. The minimum absolute atomic E-state index is 0.582. The predicted octanol–water partition coefficient (Wildman–Crippen LogP) is 7.25. The summed E-state index contributed by atoms with van der Waals surface area (Å²) in [6, 6.07) is 23.6. The molecule has 5 nitrogen and oxygen atoms in total. The number of ether oxygens (including phenoxy) is 2. The highest BCUT2D eigenvalue weighted by atomic mass is 16.5. The smallest absolute Gasteiger partial charge is 0.142 e. The number of nitrogens with two attached hydrogens (primary N) is 2. The van der Waals surface area contributed by atoms with Crippen LogP contribution >= 0.6 is 0 Å². The highest BCUT2D eigenvalue weighted by Crippen LogP contribution is 2.53. The molecule has 39 heavy (non-hydrogen) atoms. The van der Waals surface area contributed by atoms with Gasteiger partial charge < -0.3 is 26.3 Å². The predicted molar refractivity (Wildman–Crippen MR) is 162 cm³/mol. The van der Waals surface area contributed by atoms with Gasteiger partial charge in [0.25, 0.3) is 0 Å². The molecule has 5 heteroatoms. The van der Waals surface area contributed by atoms with Crippen molar-refractivity contribution in [1.82, 2.24) is 0 Å².